The van der Waals surface area contributed by atoms with Crippen LogP contribution < -0.4 is 5.32 Å². The smallest absolute Gasteiger partial charge is 0.0124 e. The van der Waals surface area contributed by atoms with E-state index in [0.29, 0.717) is 5.41 Å². The molecule has 0 aromatic heterocycles. The number of rotatable bonds is 6. The average molecular weight is 266 g/mol. The van der Waals surface area contributed by atoms with Gasteiger partial charge in [-0.15, -0.1) is 0 Å². The number of hydrogen-bond acceptors (Lipinski definition) is 2. The van der Waals surface area contributed by atoms with E-state index in [1.807, 2.05) is 0 Å². The molecule has 1 saturated heterocycles. The molecular weight excluding hydrogens is 232 g/mol. The number of fused-ring (bicyclic) bond motifs is 1. The van der Waals surface area contributed by atoms with E-state index in [9.17, 15) is 0 Å². The first-order valence-electron chi connectivity index (χ1n) is 8.57. The van der Waals surface area contributed by atoms with Crippen LogP contribution >= 0.6 is 0 Å². The van der Waals surface area contributed by atoms with Crippen molar-refractivity contribution in [3.05, 3.63) is 0 Å². The Morgan fingerprint density at radius 1 is 1.11 bits per heavy atom. The molecule has 2 unspecified atom stereocenters. The topological polar surface area (TPSA) is 15.3 Å². The van der Waals surface area contributed by atoms with Gasteiger partial charge in [0.1, 0.15) is 0 Å². The Balaban J connectivity index is 1.85. The van der Waals surface area contributed by atoms with Gasteiger partial charge in [-0.05, 0) is 56.5 Å². The van der Waals surface area contributed by atoms with Gasteiger partial charge >= 0.3 is 0 Å². The fourth-order valence-corrected chi connectivity index (χ4v) is 4.13. The third-order valence-electron chi connectivity index (χ3n) is 5.02. The van der Waals surface area contributed by atoms with Crippen molar-refractivity contribution >= 4 is 0 Å². The molecule has 2 fully saturated rings. The maximum atomic E-state index is 3.61. The van der Waals surface area contributed by atoms with Crippen LogP contribution in [0.5, 0.6) is 0 Å². The molecular formula is C17H34N2. The molecule has 0 radical (unpaired) electrons. The van der Waals surface area contributed by atoms with Gasteiger partial charge in [0.25, 0.3) is 0 Å². The van der Waals surface area contributed by atoms with E-state index in [4.69, 9.17) is 0 Å². The third kappa shape index (κ3) is 4.46. The minimum Gasteiger partial charge on any atom is -0.316 e. The number of nitrogens with one attached hydrogen (secondary N) is 1. The Morgan fingerprint density at radius 3 is 2.63 bits per heavy atom. The van der Waals surface area contributed by atoms with Crippen LogP contribution in [0.1, 0.15) is 65.7 Å². The van der Waals surface area contributed by atoms with Gasteiger partial charge in [-0.1, -0.05) is 33.6 Å². The molecule has 1 aliphatic carbocycles. The van der Waals surface area contributed by atoms with Gasteiger partial charge in [-0.3, -0.25) is 4.90 Å². The Morgan fingerprint density at radius 2 is 1.84 bits per heavy atom. The lowest BCUT2D eigenvalue weighted by molar-refractivity contribution is 0.0321. The first-order valence-corrected chi connectivity index (χ1v) is 8.57. The van der Waals surface area contributed by atoms with Crippen molar-refractivity contribution in [1.82, 2.24) is 10.2 Å². The fraction of sp³-hybridized carbons (Fsp3) is 1.00. The summed E-state index contributed by atoms with van der Waals surface area (Å²) in [6.07, 6.45) is 10.1. The second kappa shape index (κ2) is 7.08. The third-order valence-corrected chi connectivity index (χ3v) is 5.02. The summed E-state index contributed by atoms with van der Waals surface area (Å²) in [4.78, 5) is 2.83. The predicted octanol–water partition coefficient (Wildman–Crippen LogP) is 3.67. The zero-order valence-corrected chi connectivity index (χ0v) is 13.4. The lowest BCUT2D eigenvalue weighted by Crippen LogP contribution is -2.51. The summed E-state index contributed by atoms with van der Waals surface area (Å²) in [7, 11) is 0. The number of piperidine rings is 1. The fourth-order valence-electron chi connectivity index (χ4n) is 4.13. The highest BCUT2D eigenvalue weighted by Gasteiger charge is 2.35. The normalized spacial score (nSPS) is 29.2. The van der Waals surface area contributed by atoms with E-state index in [0.717, 1.165) is 25.0 Å². The van der Waals surface area contributed by atoms with Crippen LogP contribution in [0.4, 0.5) is 0 Å². The van der Waals surface area contributed by atoms with Gasteiger partial charge in [0.05, 0.1) is 0 Å². The van der Waals surface area contributed by atoms with E-state index in [1.165, 1.54) is 58.0 Å². The molecule has 0 aromatic carbocycles. The lowest BCUT2D eigenvalue weighted by Gasteiger charge is -2.47. The van der Waals surface area contributed by atoms with Gasteiger partial charge in [-0.25, -0.2) is 0 Å². The highest BCUT2D eigenvalue weighted by molar-refractivity contribution is 4.90. The summed E-state index contributed by atoms with van der Waals surface area (Å²) in [6, 6.07) is 0.910. The zero-order chi connectivity index (χ0) is 13.7. The molecule has 19 heavy (non-hydrogen) atoms. The van der Waals surface area contributed by atoms with Gasteiger partial charge in [-0.2, -0.15) is 0 Å². The van der Waals surface area contributed by atoms with E-state index in [1.54, 1.807) is 0 Å². The molecule has 2 heteroatoms. The van der Waals surface area contributed by atoms with E-state index in [2.05, 4.69) is 31.0 Å². The second-order valence-corrected chi connectivity index (χ2v) is 7.57. The number of nitrogens with zero attached hydrogens (tertiary/aromatic N) is 1. The summed E-state index contributed by atoms with van der Waals surface area (Å²) in [6.45, 7) is 12.1. The van der Waals surface area contributed by atoms with Crippen molar-refractivity contribution in [3.8, 4) is 0 Å². The average Bonchev–Trinajstić information content (AvgIpc) is 2.39. The summed E-state index contributed by atoms with van der Waals surface area (Å²) >= 11 is 0. The standard InChI is InChI=1S/C17H34N2/c1-4-11-18-13-17(2,3)14-19-12-7-9-15-8-5-6-10-16(15)19/h15-16,18H,4-14H2,1-3H3. The molecule has 2 rings (SSSR count). The van der Waals surface area contributed by atoms with E-state index in [-0.39, 0.29) is 0 Å². The largest absolute Gasteiger partial charge is 0.316 e. The maximum absolute atomic E-state index is 3.61. The lowest BCUT2D eigenvalue weighted by atomic mass is 9.77. The first kappa shape index (κ1) is 15.3. The van der Waals surface area contributed by atoms with Crippen molar-refractivity contribution in [1.29, 1.82) is 0 Å². The summed E-state index contributed by atoms with van der Waals surface area (Å²) in [5, 5.41) is 3.61. The van der Waals surface area contributed by atoms with Crippen LogP contribution in [-0.4, -0.2) is 37.1 Å². The minimum absolute atomic E-state index is 0.411. The molecule has 112 valence electrons. The Labute approximate surface area is 120 Å². The minimum atomic E-state index is 0.411. The Hall–Kier alpha value is -0.0800. The molecule has 0 aromatic rings. The first-order chi connectivity index (χ1) is 9.12. The van der Waals surface area contributed by atoms with Crippen LogP contribution in [0.15, 0.2) is 0 Å². The molecule has 0 bridgehead atoms. The van der Waals surface area contributed by atoms with Crippen molar-refractivity contribution in [2.24, 2.45) is 11.3 Å². The SMILES string of the molecule is CCCNCC(C)(C)CN1CCCC2CCCCC21. The van der Waals surface area contributed by atoms with Crippen molar-refractivity contribution in [3.63, 3.8) is 0 Å². The Kier molecular flexibility index (Phi) is 5.70. The van der Waals surface area contributed by atoms with Crippen LogP contribution in [0.2, 0.25) is 0 Å². The molecule has 0 spiro atoms. The summed E-state index contributed by atoms with van der Waals surface area (Å²) in [5.41, 5.74) is 0.411. The van der Waals surface area contributed by atoms with Gasteiger partial charge < -0.3 is 5.32 Å². The summed E-state index contributed by atoms with van der Waals surface area (Å²) in [5.74, 6) is 1.02. The number of hydrogen-bond donors (Lipinski definition) is 1. The molecule has 2 aliphatic rings. The zero-order valence-electron chi connectivity index (χ0n) is 13.4. The van der Waals surface area contributed by atoms with Crippen molar-refractivity contribution in [2.75, 3.05) is 26.2 Å². The van der Waals surface area contributed by atoms with Crippen LogP contribution in [0.3, 0.4) is 0 Å². The highest BCUT2D eigenvalue weighted by atomic mass is 15.2. The molecule has 0 amide bonds. The van der Waals surface area contributed by atoms with Gasteiger partial charge in [0.2, 0.25) is 0 Å². The van der Waals surface area contributed by atoms with Crippen molar-refractivity contribution < 1.29 is 0 Å². The van der Waals surface area contributed by atoms with Gasteiger partial charge in [0, 0.05) is 19.1 Å². The highest BCUT2D eigenvalue weighted by Crippen LogP contribution is 2.36. The quantitative estimate of drug-likeness (QED) is 0.738. The van der Waals surface area contributed by atoms with Crippen LogP contribution in [-0.2, 0) is 0 Å². The molecule has 1 aliphatic heterocycles. The van der Waals surface area contributed by atoms with Crippen LogP contribution in [0.25, 0.3) is 0 Å². The second-order valence-electron chi connectivity index (χ2n) is 7.57. The molecule has 1 N–H and O–H groups in total. The van der Waals surface area contributed by atoms with E-state index < -0.39 is 0 Å². The molecule has 1 heterocycles. The van der Waals surface area contributed by atoms with E-state index >= 15 is 0 Å². The number of likely N-dealkylation sites (tertiary alicyclic amines) is 1. The molecule has 1 saturated carbocycles. The van der Waals surface area contributed by atoms with Crippen LogP contribution in [0, 0.1) is 11.3 Å². The predicted molar refractivity (Wildman–Crippen MR) is 83.5 cm³/mol. The molecule has 2 atom stereocenters. The molecule has 2 nitrogen and oxygen atoms in total. The van der Waals surface area contributed by atoms with Gasteiger partial charge in [0.15, 0.2) is 0 Å². The van der Waals surface area contributed by atoms with Crippen molar-refractivity contribution in [2.45, 2.75) is 71.8 Å². The Bertz CT molecular complexity index is 260. The maximum Gasteiger partial charge on any atom is 0.0124 e. The monoisotopic (exact) mass is 266 g/mol. The summed E-state index contributed by atoms with van der Waals surface area (Å²) < 4.78 is 0.